The second-order valence-electron chi connectivity index (χ2n) is 4.70. The summed E-state index contributed by atoms with van der Waals surface area (Å²) in [5.74, 6) is -0.0559. The fourth-order valence-corrected chi connectivity index (χ4v) is 2.58. The monoisotopic (exact) mass is 286 g/mol. The van der Waals surface area contributed by atoms with E-state index in [-0.39, 0.29) is 5.91 Å². The van der Waals surface area contributed by atoms with E-state index in [0.29, 0.717) is 12.1 Å². The molecule has 0 radical (unpaired) electrons. The first-order chi connectivity index (χ1) is 9.65. The van der Waals surface area contributed by atoms with Crippen molar-refractivity contribution in [1.29, 1.82) is 0 Å². The fraction of sp³-hybridized carbons (Fsp3) is 0.214. The van der Waals surface area contributed by atoms with E-state index in [0.717, 1.165) is 22.3 Å². The quantitative estimate of drug-likeness (QED) is 0.803. The van der Waals surface area contributed by atoms with E-state index in [1.807, 2.05) is 49.0 Å². The van der Waals surface area contributed by atoms with Crippen molar-refractivity contribution in [2.45, 2.75) is 13.5 Å². The third-order valence-corrected chi connectivity index (χ3v) is 3.96. The van der Waals surface area contributed by atoms with Crippen LogP contribution in [0.25, 0.3) is 11.0 Å². The maximum atomic E-state index is 12.1. The van der Waals surface area contributed by atoms with Crippen LogP contribution in [0.2, 0.25) is 0 Å². The molecule has 0 unspecified atom stereocenters. The first-order valence-corrected chi connectivity index (χ1v) is 6.99. The van der Waals surface area contributed by atoms with E-state index < -0.39 is 0 Å². The third kappa shape index (κ3) is 2.30. The molecular formula is C14H14N4OS. The van der Waals surface area contributed by atoms with Crippen molar-refractivity contribution in [3.05, 3.63) is 47.3 Å². The van der Waals surface area contributed by atoms with Gasteiger partial charge in [-0.25, -0.2) is 0 Å². The van der Waals surface area contributed by atoms with Gasteiger partial charge in [0.2, 0.25) is 0 Å². The molecule has 0 aliphatic carbocycles. The lowest BCUT2D eigenvalue weighted by atomic mass is 10.2. The van der Waals surface area contributed by atoms with Crippen molar-refractivity contribution in [3.8, 4) is 0 Å². The number of aryl methyl sites for hydroxylation is 1. The lowest BCUT2D eigenvalue weighted by Gasteiger charge is -2.05. The Labute approximate surface area is 120 Å². The Kier molecular flexibility index (Phi) is 3.23. The zero-order valence-corrected chi connectivity index (χ0v) is 12.1. The SMILES string of the molecule is Cc1c(C(=O)NCc2ccc3nsnc3c2)ccn1C. The molecule has 0 fully saturated rings. The number of hydrogen-bond donors (Lipinski definition) is 1. The summed E-state index contributed by atoms with van der Waals surface area (Å²) >= 11 is 1.20. The molecule has 0 saturated heterocycles. The molecule has 1 amide bonds. The van der Waals surface area contributed by atoms with Crippen LogP contribution in [0.15, 0.2) is 30.5 Å². The summed E-state index contributed by atoms with van der Waals surface area (Å²) in [7, 11) is 1.93. The van der Waals surface area contributed by atoms with Crippen molar-refractivity contribution in [3.63, 3.8) is 0 Å². The maximum absolute atomic E-state index is 12.1. The van der Waals surface area contributed by atoms with Gasteiger partial charge in [0.05, 0.1) is 17.3 Å². The predicted octanol–water partition coefficient (Wildman–Crippen LogP) is 2.27. The number of amides is 1. The Morgan fingerprint density at radius 2 is 2.10 bits per heavy atom. The van der Waals surface area contributed by atoms with Gasteiger partial charge in [-0.15, -0.1) is 0 Å². The molecule has 2 aromatic heterocycles. The molecule has 0 aliphatic rings. The van der Waals surface area contributed by atoms with Gasteiger partial charge >= 0.3 is 0 Å². The molecule has 0 bridgehead atoms. The van der Waals surface area contributed by atoms with Gasteiger partial charge in [0, 0.05) is 25.5 Å². The van der Waals surface area contributed by atoms with E-state index in [9.17, 15) is 4.79 Å². The molecule has 6 heteroatoms. The Morgan fingerprint density at radius 1 is 1.30 bits per heavy atom. The van der Waals surface area contributed by atoms with E-state index in [1.54, 1.807) is 0 Å². The largest absolute Gasteiger partial charge is 0.354 e. The van der Waals surface area contributed by atoms with Gasteiger partial charge in [-0.3, -0.25) is 4.79 Å². The van der Waals surface area contributed by atoms with E-state index in [2.05, 4.69) is 14.1 Å². The molecule has 0 aliphatic heterocycles. The fourth-order valence-electron chi connectivity index (χ4n) is 2.06. The van der Waals surface area contributed by atoms with Crippen LogP contribution in [0.3, 0.4) is 0 Å². The second kappa shape index (κ2) is 5.05. The number of carbonyl (C=O) groups is 1. The van der Waals surface area contributed by atoms with Crippen LogP contribution in [-0.2, 0) is 13.6 Å². The van der Waals surface area contributed by atoms with Crippen LogP contribution < -0.4 is 5.32 Å². The molecule has 20 heavy (non-hydrogen) atoms. The molecule has 5 nitrogen and oxygen atoms in total. The van der Waals surface area contributed by atoms with Crippen LogP contribution in [0, 0.1) is 6.92 Å². The topological polar surface area (TPSA) is 59.8 Å². The molecule has 102 valence electrons. The number of carbonyl (C=O) groups excluding carboxylic acids is 1. The Hall–Kier alpha value is -2.21. The van der Waals surface area contributed by atoms with Crippen LogP contribution in [0.4, 0.5) is 0 Å². The maximum Gasteiger partial charge on any atom is 0.253 e. The number of nitrogens with zero attached hydrogens (tertiary/aromatic N) is 3. The minimum Gasteiger partial charge on any atom is -0.354 e. The summed E-state index contributed by atoms with van der Waals surface area (Å²) in [6, 6.07) is 7.67. The number of benzene rings is 1. The number of fused-ring (bicyclic) bond motifs is 1. The molecule has 0 spiro atoms. The lowest BCUT2D eigenvalue weighted by molar-refractivity contribution is 0.0950. The number of rotatable bonds is 3. The highest BCUT2D eigenvalue weighted by molar-refractivity contribution is 7.00. The third-order valence-electron chi connectivity index (χ3n) is 3.40. The van der Waals surface area contributed by atoms with Gasteiger partial charge in [-0.1, -0.05) is 6.07 Å². The highest BCUT2D eigenvalue weighted by Gasteiger charge is 2.11. The molecule has 0 atom stereocenters. The number of nitrogens with one attached hydrogen (secondary N) is 1. The highest BCUT2D eigenvalue weighted by Crippen LogP contribution is 2.14. The minimum absolute atomic E-state index is 0.0559. The second-order valence-corrected chi connectivity index (χ2v) is 5.22. The zero-order valence-electron chi connectivity index (χ0n) is 11.3. The van der Waals surface area contributed by atoms with Gasteiger partial charge < -0.3 is 9.88 Å². The summed E-state index contributed by atoms with van der Waals surface area (Å²) in [5, 5.41) is 2.93. The molecule has 1 aromatic carbocycles. The van der Waals surface area contributed by atoms with Crippen molar-refractivity contribution < 1.29 is 4.79 Å². The summed E-state index contributed by atoms with van der Waals surface area (Å²) in [6.45, 7) is 2.42. The van der Waals surface area contributed by atoms with Crippen molar-refractivity contribution in [2.75, 3.05) is 0 Å². The van der Waals surface area contributed by atoms with Crippen LogP contribution in [0.1, 0.15) is 21.6 Å². The van der Waals surface area contributed by atoms with Gasteiger partial charge in [0.1, 0.15) is 11.0 Å². The molecule has 3 rings (SSSR count). The highest BCUT2D eigenvalue weighted by atomic mass is 32.1. The van der Waals surface area contributed by atoms with Crippen molar-refractivity contribution >= 4 is 28.7 Å². The lowest BCUT2D eigenvalue weighted by Crippen LogP contribution is -2.23. The minimum atomic E-state index is -0.0559. The smallest absolute Gasteiger partial charge is 0.253 e. The van der Waals surface area contributed by atoms with Crippen LogP contribution >= 0.6 is 11.7 Å². The predicted molar refractivity (Wildman–Crippen MR) is 78.7 cm³/mol. The molecule has 0 saturated carbocycles. The normalized spacial score (nSPS) is 10.9. The number of hydrogen-bond acceptors (Lipinski definition) is 4. The van der Waals surface area contributed by atoms with Gasteiger partial charge in [-0.2, -0.15) is 8.75 Å². The number of aromatic nitrogens is 3. The summed E-state index contributed by atoms with van der Waals surface area (Å²) in [4.78, 5) is 12.1. The Morgan fingerprint density at radius 3 is 2.85 bits per heavy atom. The van der Waals surface area contributed by atoms with Crippen LogP contribution in [0.5, 0.6) is 0 Å². The van der Waals surface area contributed by atoms with Gasteiger partial charge in [-0.05, 0) is 30.7 Å². The first-order valence-electron chi connectivity index (χ1n) is 6.26. The van der Waals surface area contributed by atoms with E-state index >= 15 is 0 Å². The molecule has 2 heterocycles. The Bertz CT molecular complexity index is 774. The Balaban J connectivity index is 1.72. The average Bonchev–Trinajstić information content (AvgIpc) is 3.03. The standard InChI is InChI=1S/C14H14N4OS/c1-9-11(5-6-18(9)2)14(19)15-8-10-3-4-12-13(7-10)17-20-16-12/h3-7H,8H2,1-2H3,(H,15,19). The molecule has 3 aromatic rings. The summed E-state index contributed by atoms with van der Waals surface area (Å²) in [6.07, 6.45) is 1.89. The summed E-state index contributed by atoms with van der Waals surface area (Å²) in [5.41, 5.74) is 4.46. The molecule has 1 N–H and O–H groups in total. The van der Waals surface area contributed by atoms with Crippen molar-refractivity contribution in [1.82, 2.24) is 18.6 Å². The first kappa shape index (κ1) is 12.8. The zero-order chi connectivity index (χ0) is 14.1. The van der Waals surface area contributed by atoms with E-state index in [1.165, 1.54) is 11.7 Å². The van der Waals surface area contributed by atoms with Crippen LogP contribution in [-0.4, -0.2) is 19.2 Å². The van der Waals surface area contributed by atoms with E-state index in [4.69, 9.17) is 0 Å². The molecular weight excluding hydrogens is 272 g/mol. The summed E-state index contributed by atoms with van der Waals surface area (Å²) < 4.78 is 10.3. The van der Waals surface area contributed by atoms with Gasteiger partial charge in [0.15, 0.2) is 0 Å². The van der Waals surface area contributed by atoms with Gasteiger partial charge in [0.25, 0.3) is 5.91 Å². The average molecular weight is 286 g/mol. The van der Waals surface area contributed by atoms with Crippen molar-refractivity contribution in [2.24, 2.45) is 7.05 Å².